The Balaban J connectivity index is 2.26. The third kappa shape index (κ3) is 1.53. The summed E-state index contributed by atoms with van der Waals surface area (Å²) < 4.78 is 7.70. The molecular formula is C14H18N2O. The van der Waals surface area contributed by atoms with Gasteiger partial charge in [-0.15, -0.1) is 0 Å². The highest BCUT2D eigenvalue weighted by atomic mass is 16.5. The van der Waals surface area contributed by atoms with Gasteiger partial charge in [-0.05, 0) is 43.0 Å². The van der Waals surface area contributed by atoms with Crippen LogP contribution < -0.4 is 10.5 Å². The number of ether oxygens (including phenoxy) is 1. The summed E-state index contributed by atoms with van der Waals surface area (Å²) in [6, 6.07) is 6.35. The van der Waals surface area contributed by atoms with Crippen molar-refractivity contribution in [1.82, 2.24) is 4.57 Å². The van der Waals surface area contributed by atoms with Crippen molar-refractivity contribution in [1.29, 1.82) is 0 Å². The quantitative estimate of drug-likeness (QED) is 0.877. The molecule has 0 amide bonds. The van der Waals surface area contributed by atoms with Crippen molar-refractivity contribution in [2.24, 2.45) is 5.73 Å². The van der Waals surface area contributed by atoms with Crippen molar-refractivity contribution < 1.29 is 4.74 Å². The second-order valence-electron chi connectivity index (χ2n) is 4.60. The van der Waals surface area contributed by atoms with Crippen molar-refractivity contribution in [2.75, 3.05) is 13.7 Å². The summed E-state index contributed by atoms with van der Waals surface area (Å²) >= 11 is 0. The summed E-state index contributed by atoms with van der Waals surface area (Å²) in [6.45, 7) is 1.61. The van der Waals surface area contributed by atoms with Crippen LogP contribution in [0.5, 0.6) is 5.75 Å². The molecular weight excluding hydrogens is 212 g/mol. The lowest BCUT2D eigenvalue weighted by Gasteiger charge is -2.07. The van der Waals surface area contributed by atoms with E-state index in [-0.39, 0.29) is 0 Å². The van der Waals surface area contributed by atoms with E-state index in [1.807, 2.05) is 6.07 Å². The number of hydrogen-bond acceptors (Lipinski definition) is 2. The van der Waals surface area contributed by atoms with E-state index in [4.69, 9.17) is 10.5 Å². The van der Waals surface area contributed by atoms with Gasteiger partial charge in [-0.3, -0.25) is 0 Å². The van der Waals surface area contributed by atoms with Crippen LogP contribution in [0.15, 0.2) is 18.2 Å². The zero-order valence-corrected chi connectivity index (χ0v) is 10.2. The number of fused-ring (bicyclic) bond motifs is 3. The van der Waals surface area contributed by atoms with E-state index < -0.39 is 0 Å². The van der Waals surface area contributed by atoms with Crippen LogP contribution in [0.2, 0.25) is 0 Å². The van der Waals surface area contributed by atoms with Gasteiger partial charge in [-0.2, -0.15) is 0 Å². The second kappa shape index (κ2) is 4.08. The number of benzene rings is 1. The number of hydrogen-bond donors (Lipinski definition) is 1. The van der Waals surface area contributed by atoms with Gasteiger partial charge in [-0.25, -0.2) is 0 Å². The van der Waals surface area contributed by atoms with E-state index in [9.17, 15) is 0 Å². The highest BCUT2D eigenvalue weighted by Gasteiger charge is 2.21. The summed E-state index contributed by atoms with van der Waals surface area (Å²) in [5.74, 6) is 0.942. The minimum atomic E-state index is 0.697. The Bertz CT molecular complexity index is 557. The van der Waals surface area contributed by atoms with Gasteiger partial charge >= 0.3 is 0 Å². The molecule has 3 nitrogen and oxygen atoms in total. The Kier molecular flexibility index (Phi) is 2.56. The van der Waals surface area contributed by atoms with Gasteiger partial charge in [-0.1, -0.05) is 0 Å². The van der Waals surface area contributed by atoms with Crippen molar-refractivity contribution in [2.45, 2.75) is 25.8 Å². The highest BCUT2D eigenvalue weighted by molar-refractivity contribution is 5.87. The first kappa shape index (κ1) is 10.7. The maximum Gasteiger partial charge on any atom is 0.119 e. The van der Waals surface area contributed by atoms with Gasteiger partial charge in [0.05, 0.1) is 7.11 Å². The molecule has 0 aliphatic heterocycles. The van der Waals surface area contributed by atoms with E-state index >= 15 is 0 Å². The number of rotatable bonds is 3. The normalized spacial score (nSPS) is 14.2. The molecule has 0 saturated heterocycles. The fourth-order valence-electron chi connectivity index (χ4n) is 2.96. The van der Waals surface area contributed by atoms with Gasteiger partial charge in [0.2, 0.25) is 0 Å². The first-order valence-corrected chi connectivity index (χ1v) is 6.23. The zero-order chi connectivity index (χ0) is 11.8. The minimum absolute atomic E-state index is 0.697. The zero-order valence-electron chi connectivity index (χ0n) is 10.2. The fraction of sp³-hybridized carbons (Fsp3) is 0.429. The number of aryl methyl sites for hydroxylation is 1. The molecule has 0 radical (unpaired) electrons. The molecule has 0 unspecified atom stereocenters. The molecule has 1 aliphatic rings. The molecule has 1 aromatic heterocycles. The lowest BCUT2D eigenvalue weighted by Crippen LogP contribution is -2.11. The van der Waals surface area contributed by atoms with Gasteiger partial charge in [0.15, 0.2) is 0 Å². The van der Waals surface area contributed by atoms with E-state index in [1.165, 1.54) is 41.4 Å². The van der Waals surface area contributed by atoms with Gasteiger partial charge in [0.1, 0.15) is 5.75 Å². The largest absolute Gasteiger partial charge is 0.497 e. The molecule has 3 heteroatoms. The van der Waals surface area contributed by atoms with Crippen LogP contribution in [0, 0.1) is 0 Å². The molecule has 17 heavy (non-hydrogen) atoms. The third-order valence-electron chi connectivity index (χ3n) is 3.69. The van der Waals surface area contributed by atoms with Crippen molar-refractivity contribution in [3.63, 3.8) is 0 Å². The first-order chi connectivity index (χ1) is 8.35. The Morgan fingerprint density at radius 1 is 1.35 bits per heavy atom. The molecule has 0 spiro atoms. The Labute approximate surface area is 101 Å². The Hall–Kier alpha value is -1.48. The topological polar surface area (TPSA) is 40.2 Å². The number of methoxy groups -OCH3 is 1. The average molecular weight is 230 g/mol. The summed E-state index contributed by atoms with van der Waals surface area (Å²) in [6.07, 6.45) is 3.64. The molecule has 1 aromatic carbocycles. The standard InChI is InChI=1S/C14H18N2O/c1-17-10-5-6-14-12(9-10)11-3-2-4-13(11)16(14)8-7-15/h5-6,9H,2-4,7-8,15H2,1H3. The first-order valence-electron chi connectivity index (χ1n) is 6.23. The number of nitrogens with two attached hydrogens (primary N) is 1. The predicted octanol–water partition coefficient (Wildman–Crippen LogP) is 2.10. The molecule has 0 atom stereocenters. The predicted molar refractivity (Wildman–Crippen MR) is 69.6 cm³/mol. The smallest absolute Gasteiger partial charge is 0.119 e. The summed E-state index contributed by atoms with van der Waals surface area (Å²) in [7, 11) is 1.72. The highest BCUT2D eigenvalue weighted by Crippen LogP contribution is 2.34. The van der Waals surface area contributed by atoms with E-state index in [0.29, 0.717) is 6.54 Å². The van der Waals surface area contributed by atoms with Crippen molar-refractivity contribution in [3.05, 3.63) is 29.5 Å². The Morgan fingerprint density at radius 3 is 3.00 bits per heavy atom. The van der Waals surface area contributed by atoms with Crippen molar-refractivity contribution >= 4 is 10.9 Å². The van der Waals surface area contributed by atoms with Crippen LogP contribution in [0.1, 0.15) is 17.7 Å². The minimum Gasteiger partial charge on any atom is -0.497 e. The molecule has 90 valence electrons. The van der Waals surface area contributed by atoms with Crippen molar-refractivity contribution in [3.8, 4) is 5.75 Å². The fourth-order valence-corrected chi connectivity index (χ4v) is 2.96. The SMILES string of the molecule is COc1ccc2c(c1)c1c(n2CCN)CCC1. The molecule has 0 saturated carbocycles. The van der Waals surface area contributed by atoms with Crippen LogP contribution in [-0.4, -0.2) is 18.2 Å². The third-order valence-corrected chi connectivity index (χ3v) is 3.69. The molecule has 2 N–H and O–H groups in total. The van der Waals surface area contributed by atoms with Gasteiger partial charge in [0.25, 0.3) is 0 Å². The maximum atomic E-state index is 5.72. The summed E-state index contributed by atoms with van der Waals surface area (Å²) in [5, 5.41) is 1.35. The van der Waals surface area contributed by atoms with Crippen LogP contribution in [-0.2, 0) is 19.4 Å². The number of nitrogens with zero attached hydrogens (tertiary/aromatic N) is 1. The van der Waals surface area contributed by atoms with Gasteiger partial charge < -0.3 is 15.0 Å². The lowest BCUT2D eigenvalue weighted by atomic mass is 10.1. The van der Waals surface area contributed by atoms with Crippen LogP contribution >= 0.6 is 0 Å². The summed E-state index contributed by atoms with van der Waals surface area (Å²) in [4.78, 5) is 0. The van der Waals surface area contributed by atoms with E-state index in [1.54, 1.807) is 7.11 Å². The summed E-state index contributed by atoms with van der Waals surface area (Å²) in [5.41, 5.74) is 10.0. The molecule has 0 fully saturated rings. The van der Waals surface area contributed by atoms with E-state index in [2.05, 4.69) is 16.7 Å². The second-order valence-corrected chi connectivity index (χ2v) is 4.60. The Morgan fingerprint density at radius 2 is 2.24 bits per heavy atom. The molecule has 0 bridgehead atoms. The van der Waals surface area contributed by atoms with E-state index in [0.717, 1.165) is 12.3 Å². The lowest BCUT2D eigenvalue weighted by molar-refractivity contribution is 0.415. The molecule has 3 rings (SSSR count). The van der Waals surface area contributed by atoms with Crippen LogP contribution in [0.25, 0.3) is 10.9 Å². The van der Waals surface area contributed by atoms with Crippen LogP contribution in [0.4, 0.5) is 0 Å². The number of aromatic nitrogens is 1. The average Bonchev–Trinajstić information content (AvgIpc) is 2.92. The molecule has 1 heterocycles. The molecule has 2 aromatic rings. The monoisotopic (exact) mass is 230 g/mol. The molecule has 1 aliphatic carbocycles. The maximum absolute atomic E-state index is 5.72. The van der Waals surface area contributed by atoms with Crippen LogP contribution in [0.3, 0.4) is 0 Å². The van der Waals surface area contributed by atoms with Gasteiger partial charge in [0, 0.05) is 29.7 Å².